The van der Waals surface area contributed by atoms with E-state index in [2.05, 4.69) is 0 Å². The highest BCUT2D eigenvalue weighted by Gasteiger charge is 2.18. The van der Waals surface area contributed by atoms with E-state index < -0.39 is 5.97 Å². The van der Waals surface area contributed by atoms with Crippen LogP contribution in [0, 0.1) is 4.51 Å². The SMILES string of the molecule is CCOC(=O)c1cn(C)c2cc3c(cc2c1=S)OCO3. The summed E-state index contributed by atoms with van der Waals surface area (Å²) in [6.45, 7) is 2.28. The Morgan fingerprint density at radius 1 is 1.40 bits per heavy atom. The van der Waals surface area contributed by atoms with E-state index in [0.717, 1.165) is 10.9 Å². The summed E-state index contributed by atoms with van der Waals surface area (Å²) in [6, 6.07) is 3.67. The fourth-order valence-electron chi connectivity index (χ4n) is 2.23. The van der Waals surface area contributed by atoms with E-state index in [4.69, 9.17) is 26.4 Å². The Balaban J connectivity index is 2.27. The molecule has 2 aromatic rings. The molecule has 0 unspecified atom stereocenters. The molecule has 104 valence electrons. The molecule has 0 saturated carbocycles. The van der Waals surface area contributed by atoms with Crippen LogP contribution in [0.5, 0.6) is 11.5 Å². The van der Waals surface area contributed by atoms with Gasteiger partial charge in [0.15, 0.2) is 11.5 Å². The molecular formula is C14H13NO4S. The van der Waals surface area contributed by atoms with E-state index >= 15 is 0 Å². The van der Waals surface area contributed by atoms with Gasteiger partial charge in [0, 0.05) is 24.7 Å². The van der Waals surface area contributed by atoms with Crippen LogP contribution in [0.1, 0.15) is 17.3 Å². The van der Waals surface area contributed by atoms with E-state index in [-0.39, 0.29) is 6.79 Å². The van der Waals surface area contributed by atoms with Gasteiger partial charge in [-0.05, 0) is 13.0 Å². The van der Waals surface area contributed by atoms with Crippen molar-refractivity contribution in [1.82, 2.24) is 4.57 Å². The summed E-state index contributed by atoms with van der Waals surface area (Å²) in [7, 11) is 1.85. The number of pyridine rings is 1. The number of rotatable bonds is 2. The second kappa shape index (κ2) is 4.79. The van der Waals surface area contributed by atoms with Crippen LogP contribution >= 0.6 is 12.2 Å². The summed E-state index contributed by atoms with van der Waals surface area (Å²) in [5, 5.41) is 0.775. The van der Waals surface area contributed by atoms with Crippen molar-refractivity contribution in [2.24, 2.45) is 7.05 Å². The minimum absolute atomic E-state index is 0.201. The predicted octanol–water partition coefficient (Wildman–Crippen LogP) is 2.81. The zero-order valence-corrected chi connectivity index (χ0v) is 12.0. The van der Waals surface area contributed by atoms with Crippen molar-refractivity contribution in [3.05, 3.63) is 28.4 Å². The summed E-state index contributed by atoms with van der Waals surface area (Å²) < 4.78 is 18.0. The Labute approximate surface area is 120 Å². The van der Waals surface area contributed by atoms with Crippen LogP contribution in [0.15, 0.2) is 18.3 Å². The van der Waals surface area contributed by atoms with E-state index in [1.54, 1.807) is 13.1 Å². The standard InChI is InChI=1S/C14H13NO4S/c1-3-17-14(16)9-6-15(2)10-5-12-11(18-7-19-12)4-8(10)13(9)20/h4-6H,3,7H2,1-2H3. The molecule has 0 aliphatic carbocycles. The monoisotopic (exact) mass is 291 g/mol. The second-order valence-electron chi connectivity index (χ2n) is 4.43. The number of aromatic nitrogens is 1. The Hall–Kier alpha value is -2.08. The number of aryl methyl sites for hydroxylation is 1. The summed E-state index contributed by atoms with van der Waals surface area (Å²) in [5.74, 6) is 0.920. The number of ether oxygens (including phenoxy) is 3. The van der Waals surface area contributed by atoms with E-state index in [9.17, 15) is 4.79 Å². The molecule has 2 heterocycles. The second-order valence-corrected chi connectivity index (χ2v) is 4.83. The highest BCUT2D eigenvalue weighted by Crippen LogP contribution is 2.36. The topological polar surface area (TPSA) is 49.7 Å². The maximum absolute atomic E-state index is 11.9. The molecule has 1 aromatic heterocycles. The molecule has 1 aliphatic rings. The van der Waals surface area contributed by atoms with Crippen molar-refractivity contribution in [3.63, 3.8) is 0 Å². The van der Waals surface area contributed by atoms with Gasteiger partial charge in [-0.25, -0.2) is 4.79 Å². The first-order valence-corrected chi connectivity index (χ1v) is 6.62. The average molecular weight is 291 g/mol. The van der Waals surface area contributed by atoms with Gasteiger partial charge in [0.25, 0.3) is 0 Å². The van der Waals surface area contributed by atoms with E-state index in [0.29, 0.717) is 28.2 Å². The van der Waals surface area contributed by atoms with Gasteiger partial charge in [-0.15, -0.1) is 0 Å². The van der Waals surface area contributed by atoms with Crippen LogP contribution in [0.25, 0.3) is 10.9 Å². The van der Waals surface area contributed by atoms with Crippen molar-refractivity contribution >= 4 is 29.1 Å². The molecule has 0 N–H and O–H groups in total. The number of carbonyl (C=O) groups excluding carboxylic acids is 1. The van der Waals surface area contributed by atoms with E-state index in [1.807, 2.05) is 23.7 Å². The Morgan fingerprint density at radius 3 is 2.80 bits per heavy atom. The number of carbonyl (C=O) groups is 1. The van der Waals surface area contributed by atoms with Crippen molar-refractivity contribution in [2.75, 3.05) is 13.4 Å². The molecule has 0 fully saturated rings. The number of esters is 1. The largest absolute Gasteiger partial charge is 0.462 e. The molecule has 0 bridgehead atoms. The lowest BCUT2D eigenvalue weighted by molar-refractivity contribution is 0.0525. The van der Waals surface area contributed by atoms with Gasteiger partial charge < -0.3 is 18.8 Å². The number of nitrogens with zero attached hydrogens (tertiary/aromatic N) is 1. The number of benzene rings is 1. The molecule has 0 atom stereocenters. The lowest BCUT2D eigenvalue weighted by Crippen LogP contribution is -2.08. The van der Waals surface area contributed by atoms with Gasteiger partial charge in [-0.1, -0.05) is 12.2 Å². The molecule has 0 amide bonds. The summed E-state index contributed by atoms with van der Waals surface area (Å²) in [6.07, 6.45) is 1.69. The lowest BCUT2D eigenvalue weighted by atomic mass is 10.1. The third-order valence-corrected chi connectivity index (χ3v) is 3.62. The highest BCUT2D eigenvalue weighted by molar-refractivity contribution is 7.71. The van der Waals surface area contributed by atoms with Crippen LogP contribution < -0.4 is 9.47 Å². The van der Waals surface area contributed by atoms with Crippen molar-refractivity contribution in [1.29, 1.82) is 0 Å². The van der Waals surface area contributed by atoms with Crippen LogP contribution in [0.2, 0.25) is 0 Å². The smallest absolute Gasteiger partial charge is 0.341 e. The van der Waals surface area contributed by atoms with Gasteiger partial charge >= 0.3 is 5.97 Å². The molecule has 6 heteroatoms. The fraction of sp³-hybridized carbons (Fsp3) is 0.286. The average Bonchev–Trinajstić information content (AvgIpc) is 2.88. The third kappa shape index (κ3) is 1.92. The molecule has 1 aliphatic heterocycles. The third-order valence-electron chi connectivity index (χ3n) is 3.18. The first kappa shape index (κ1) is 12.9. The molecule has 0 saturated heterocycles. The molecule has 3 rings (SSSR count). The first-order valence-electron chi connectivity index (χ1n) is 6.22. The Bertz CT molecular complexity index is 766. The predicted molar refractivity (Wildman–Crippen MR) is 75.8 cm³/mol. The first-order chi connectivity index (χ1) is 9.61. The molecule has 20 heavy (non-hydrogen) atoms. The van der Waals surface area contributed by atoms with Crippen molar-refractivity contribution < 1.29 is 19.0 Å². The Morgan fingerprint density at radius 2 is 2.10 bits per heavy atom. The normalized spacial score (nSPS) is 12.7. The highest BCUT2D eigenvalue weighted by atomic mass is 32.1. The zero-order valence-electron chi connectivity index (χ0n) is 11.1. The van der Waals surface area contributed by atoms with Crippen molar-refractivity contribution in [3.8, 4) is 11.5 Å². The molecule has 0 radical (unpaired) electrons. The molecule has 1 aromatic carbocycles. The quantitative estimate of drug-likeness (QED) is 0.629. The summed E-state index contributed by atoms with van der Waals surface area (Å²) >= 11 is 5.40. The van der Waals surface area contributed by atoms with Crippen LogP contribution in [0.3, 0.4) is 0 Å². The summed E-state index contributed by atoms with van der Waals surface area (Å²) in [5.41, 5.74) is 1.27. The lowest BCUT2D eigenvalue weighted by Gasteiger charge is -2.10. The van der Waals surface area contributed by atoms with Gasteiger partial charge in [0.2, 0.25) is 6.79 Å². The molecule has 5 nitrogen and oxygen atoms in total. The van der Waals surface area contributed by atoms with Gasteiger partial charge in [0.1, 0.15) is 0 Å². The zero-order chi connectivity index (χ0) is 14.3. The number of hydrogen-bond acceptors (Lipinski definition) is 5. The van der Waals surface area contributed by atoms with Crippen LogP contribution in [-0.2, 0) is 11.8 Å². The summed E-state index contributed by atoms with van der Waals surface area (Å²) in [4.78, 5) is 11.9. The van der Waals surface area contributed by atoms with Crippen LogP contribution in [-0.4, -0.2) is 23.9 Å². The van der Waals surface area contributed by atoms with Gasteiger partial charge in [-0.2, -0.15) is 0 Å². The minimum Gasteiger partial charge on any atom is -0.462 e. The molecular weight excluding hydrogens is 278 g/mol. The Kier molecular flexibility index (Phi) is 3.10. The minimum atomic E-state index is -0.410. The van der Waals surface area contributed by atoms with Gasteiger partial charge in [-0.3, -0.25) is 0 Å². The van der Waals surface area contributed by atoms with Crippen LogP contribution in [0.4, 0.5) is 0 Å². The number of hydrogen-bond donors (Lipinski definition) is 0. The maximum Gasteiger partial charge on any atom is 0.341 e. The maximum atomic E-state index is 11.9. The van der Waals surface area contributed by atoms with Gasteiger partial charge in [0.05, 0.1) is 22.2 Å². The molecule has 0 spiro atoms. The number of fused-ring (bicyclic) bond motifs is 2. The van der Waals surface area contributed by atoms with E-state index in [1.165, 1.54) is 0 Å². The van der Waals surface area contributed by atoms with Crippen molar-refractivity contribution in [2.45, 2.75) is 6.92 Å². The fourth-order valence-corrected chi connectivity index (χ4v) is 2.53.